The standard InChI is InChI=1S/C12H22O6S/c1-2-3-4-5-6-7-10-19(16,17)18-12(15)9-8-11(13)14/h2-10H2,1H3,(H,13,14). The molecule has 0 saturated carbocycles. The summed E-state index contributed by atoms with van der Waals surface area (Å²) in [6.07, 6.45) is 4.70. The average Bonchev–Trinajstić information content (AvgIpc) is 2.30. The summed E-state index contributed by atoms with van der Waals surface area (Å²) in [5.74, 6) is -2.36. The monoisotopic (exact) mass is 294 g/mol. The van der Waals surface area contributed by atoms with Gasteiger partial charge in [-0.25, -0.2) is 0 Å². The summed E-state index contributed by atoms with van der Waals surface area (Å²) in [5.41, 5.74) is 0. The van der Waals surface area contributed by atoms with Gasteiger partial charge in [-0.2, -0.15) is 8.42 Å². The Kier molecular flexibility index (Phi) is 9.20. The van der Waals surface area contributed by atoms with Gasteiger partial charge < -0.3 is 9.29 Å². The molecule has 0 aromatic rings. The van der Waals surface area contributed by atoms with Gasteiger partial charge in [-0.15, -0.1) is 0 Å². The van der Waals surface area contributed by atoms with E-state index in [0.717, 1.165) is 32.1 Å². The number of carboxylic acid groups (broad SMARTS) is 1. The van der Waals surface area contributed by atoms with E-state index in [1.165, 1.54) is 0 Å². The highest BCUT2D eigenvalue weighted by molar-refractivity contribution is 7.87. The zero-order chi connectivity index (χ0) is 14.7. The summed E-state index contributed by atoms with van der Waals surface area (Å²) in [6.45, 7) is 2.10. The predicted molar refractivity (Wildman–Crippen MR) is 70.1 cm³/mol. The first-order valence-electron chi connectivity index (χ1n) is 6.54. The summed E-state index contributed by atoms with van der Waals surface area (Å²) in [7, 11) is -3.86. The van der Waals surface area contributed by atoms with Crippen LogP contribution in [0.3, 0.4) is 0 Å². The highest BCUT2D eigenvalue weighted by Gasteiger charge is 2.17. The molecule has 19 heavy (non-hydrogen) atoms. The Morgan fingerprint density at radius 3 is 2.16 bits per heavy atom. The second kappa shape index (κ2) is 9.77. The minimum absolute atomic E-state index is 0.196. The molecule has 0 rings (SSSR count). The van der Waals surface area contributed by atoms with E-state index in [1.807, 2.05) is 0 Å². The summed E-state index contributed by atoms with van der Waals surface area (Å²) in [6, 6.07) is 0. The van der Waals surface area contributed by atoms with Gasteiger partial charge in [-0.3, -0.25) is 9.59 Å². The van der Waals surface area contributed by atoms with Crippen LogP contribution in [-0.2, 0) is 23.9 Å². The maximum absolute atomic E-state index is 11.4. The van der Waals surface area contributed by atoms with Crippen LogP contribution in [0.1, 0.15) is 58.3 Å². The summed E-state index contributed by atoms with van der Waals surface area (Å²) in [4.78, 5) is 21.3. The minimum Gasteiger partial charge on any atom is -0.481 e. The first-order valence-corrected chi connectivity index (χ1v) is 8.12. The molecule has 0 radical (unpaired) electrons. The molecule has 0 aliphatic carbocycles. The number of hydrogen-bond acceptors (Lipinski definition) is 5. The van der Waals surface area contributed by atoms with E-state index < -0.39 is 34.9 Å². The lowest BCUT2D eigenvalue weighted by Crippen LogP contribution is -2.17. The zero-order valence-electron chi connectivity index (χ0n) is 11.3. The predicted octanol–water partition coefficient (Wildman–Crippen LogP) is 2.08. The van der Waals surface area contributed by atoms with Crippen LogP contribution in [0.5, 0.6) is 0 Å². The van der Waals surface area contributed by atoms with E-state index >= 15 is 0 Å². The SMILES string of the molecule is CCCCCCCCS(=O)(=O)OC(=O)CCC(=O)O. The number of hydrogen-bond donors (Lipinski definition) is 1. The van der Waals surface area contributed by atoms with Crippen molar-refractivity contribution in [1.29, 1.82) is 0 Å². The third-order valence-electron chi connectivity index (χ3n) is 2.51. The lowest BCUT2D eigenvalue weighted by Gasteiger charge is -2.05. The first-order chi connectivity index (χ1) is 8.87. The molecular weight excluding hydrogens is 272 g/mol. The van der Waals surface area contributed by atoms with Crippen molar-refractivity contribution in [3.63, 3.8) is 0 Å². The van der Waals surface area contributed by atoms with Crippen LogP contribution in [0.4, 0.5) is 0 Å². The van der Waals surface area contributed by atoms with Crippen molar-refractivity contribution in [3.05, 3.63) is 0 Å². The van der Waals surface area contributed by atoms with E-state index in [9.17, 15) is 18.0 Å². The molecule has 6 nitrogen and oxygen atoms in total. The largest absolute Gasteiger partial charge is 0.481 e. The topological polar surface area (TPSA) is 97.7 Å². The van der Waals surface area contributed by atoms with Gasteiger partial charge in [0, 0.05) is 0 Å². The van der Waals surface area contributed by atoms with E-state index in [4.69, 9.17) is 5.11 Å². The second-order valence-electron chi connectivity index (χ2n) is 4.38. The smallest absolute Gasteiger partial charge is 0.322 e. The molecule has 0 bridgehead atoms. The van der Waals surface area contributed by atoms with Crippen molar-refractivity contribution in [1.82, 2.24) is 0 Å². The van der Waals surface area contributed by atoms with Crippen molar-refractivity contribution in [2.24, 2.45) is 0 Å². The van der Waals surface area contributed by atoms with Crippen LogP contribution in [0.15, 0.2) is 0 Å². The van der Waals surface area contributed by atoms with Crippen molar-refractivity contribution in [2.45, 2.75) is 58.3 Å². The fourth-order valence-corrected chi connectivity index (χ4v) is 2.50. The molecule has 1 N–H and O–H groups in total. The third kappa shape index (κ3) is 11.7. The molecule has 0 atom stereocenters. The summed E-state index contributed by atoms with van der Waals surface area (Å²) >= 11 is 0. The van der Waals surface area contributed by atoms with Crippen molar-refractivity contribution >= 4 is 22.1 Å². The summed E-state index contributed by atoms with van der Waals surface area (Å²) in [5, 5.41) is 8.35. The first kappa shape index (κ1) is 17.9. The quantitative estimate of drug-likeness (QED) is 0.463. The Labute approximate surface area is 114 Å². The Morgan fingerprint density at radius 2 is 1.58 bits per heavy atom. The van der Waals surface area contributed by atoms with Crippen molar-refractivity contribution < 1.29 is 27.3 Å². The average molecular weight is 294 g/mol. The van der Waals surface area contributed by atoms with Crippen LogP contribution in [0.25, 0.3) is 0 Å². The third-order valence-corrected chi connectivity index (χ3v) is 3.74. The number of unbranched alkanes of at least 4 members (excludes halogenated alkanes) is 5. The Morgan fingerprint density at radius 1 is 1.00 bits per heavy atom. The van der Waals surface area contributed by atoms with Gasteiger partial charge in [0.2, 0.25) is 0 Å². The molecule has 112 valence electrons. The highest BCUT2D eigenvalue weighted by Crippen LogP contribution is 2.08. The second-order valence-corrected chi connectivity index (χ2v) is 6.07. The lowest BCUT2D eigenvalue weighted by molar-refractivity contribution is -0.142. The number of carbonyl (C=O) groups excluding carboxylic acids is 1. The molecule has 0 unspecified atom stereocenters. The maximum atomic E-state index is 11.4. The molecule has 0 aliphatic rings. The van der Waals surface area contributed by atoms with Gasteiger partial charge in [0.25, 0.3) is 0 Å². The van der Waals surface area contributed by atoms with E-state index in [2.05, 4.69) is 11.1 Å². The zero-order valence-corrected chi connectivity index (χ0v) is 12.1. The fourth-order valence-electron chi connectivity index (χ4n) is 1.49. The maximum Gasteiger partial charge on any atom is 0.322 e. The van der Waals surface area contributed by atoms with Gasteiger partial charge in [-0.05, 0) is 6.42 Å². The minimum atomic E-state index is -3.86. The van der Waals surface area contributed by atoms with Crippen LogP contribution in [0, 0.1) is 0 Å². The Hall–Kier alpha value is -1.11. The lowest BCUT2D eigenvalue weighted by atomic mass is 10.1. The van der Waals surface area contributed by atoms with E-state index in [0.29, 0.717) is 6.42 Å². The molecular formula is C12H22O6S. The Balaban J connectivity index is 3.79. The van der Waals surface area contributed by atoms with Gasteiger partial charge in [-0.1, -0.05) is 39.0 Å². The Bertz CT molecular complexity index is 374. The molecule has 0 aromatic heterocycles. The van der Waals surface area contributed by atoms with Crippen LogP contribution in [0.2, 0.25) is 0 Å². The van der Waals surface area contributed by atoms with Gasteiger partial charge in [0.15, 0.2) is 0 Å². The number of carboxylic acids is 1. The summed E-state index contributed by atoms with van der Waals surface area (Å²) < 4.78 is 27.1. The molecule has 7 heteroatoms. The molecule has 0 fully saturated rings. The normalized spacial score (nSPS) is 11.2. The van der Waals surface area contributed by atoms with Crippen LogP contribution < -0.4 is 0 Å². The molecule has 0 spiro atoms. The fraction of sp³-hybridized carbons (Fsp3) is 0.833. The van der Waals surface area contributed by atoms with Crippen LogP contribution in [-0.4, -0.2) is 31.2 Å². The van der Waals surface area contributed by atoms with Crippen LogP contribution >= 0.6 is 0 Å². The molecule has 0 heterocycles. The van der Waals surface area contributed by atoms with Gasteiger partial charge in [0.05, 0.1) is 18.6 Å². The molecule has 0 aromatic carbocycles. The van der Waals surface area contributed by atoms with Gasteiger partial charge in [0.1, 0.15) is 0 Å². The number of carbonyl (C=O) groups is 2. The highest BCUT2D eigenvalue weighted by atomic mass is 32.2. The molecule has 0 aliphatic heterocycles. The van der Waals surface area contributed by atoms with E-state index in [-0.39, 0.29) is 5.75 Å². The van der Waals surface area contributed by atoms with Crippen molar-refractivity contribution in [3.8, 4) is 0 Å². The van der Waals surface area contributed by atoms with Gasteiger partial charge >= 0.3 is 22.1 Å². The van der Waals surface area contributed by atoms with E-state index in [1.54, 1.807) is 0 Å². The number of aliphatic carboxylic acids is 1. The number of rotatable bonds is 11. The molecule has 0 amide bonds. The molecule has 0 saturated heterocycles. The van der Waals surface area contributed by atoms with Crippen molar-refractivity contribution in [2.75, 3.05) is 5.75 Å².